The number of piperazine rings is 1. The van der Waals surface area contributed by atoms with Gasteiger partial charge >= 0.3 is 12.0 Å². The van der Waals surface area contributed by atoms with Crippen molar-refractivity contribution in [1.82, 2.24) is 15.1 Å². The van der Waals surface area contributed by atoms with E-state index < -0.39 is 5.97 Å². The molecule has 0 saturated carbocycles. The molecule has 3 rings (SSSR count). The highest BCUT2D eigenvalue weighted by Crippen LogP contribution is 2.17. The molecule has 142 valence electrons. The van der Waals surface area contributed by atoms with E-state index in [2.05, 4.69) is 10.2 Å². The molecule has 7 heteroatoms. The molecular formula is C19H27N3O4. The Morgan fingerprint density at radius 3 is 2.58 bits per heavy atom. The van der Waals surface area contributed by atoms with Gasteiger partial charge in [-0.2, -0.15) is 0 Å². The number of carboxylic acid groups (broad SMARTS) is 1. The summed E-state index contributed by atoms with van der Waals surface area (Å²) in [5.74, 6) is -0.246. The highest BCUT2D eigenvalue weighted by Gasteiger charge is 2.23. The third-order valence-corrected chi connectivity index (χ3v) is 5.13. The van der Waals surface area contributed by atoms with Crippen molar-refractivity contribution in [2.75, 3.05) is 45.9 Å². The van der Waals surface area contributed by atoms with Crippen molar-refractivity contribution in [1.29, 1.82) is 0 Å². The number of ether oxygens (including phenoxy) is 1. The molecule has 0 aliphatic carbocycles. The van der Waals surface area contributed by atoms with Crippen molar-refractivity contribution in [3.8, 4) is 0 Å². The van der Waals surface area contributed by atoms with Crippen LogP contribution in [0.5, 0.6) is 0 Å². The van der Waals surface area contributed by atoms with Crippen LogP contribution in [0, 0.1) is 5.92 Å². The maximum atomic E-state index is 12.4. The van der Waals surface area contributed by atoms with Crippen LogP contribution in [-0.4, -0.2) is 72.8 Å². The maximum Gasteiger partial charge on any atom is 0.335 e. The fourth-order valence-electron chi connectivity index (χ4n) is 3.53. The Hall–Kier alpha value is -2.12. The van der Waals surface area contributed by atoms with Gasteiger partial charge in [0.25, 0.3) is 0 Å². The summed E-state index contributed by atoms with van der Waals surface area (Å²) in [6, 6.07) is 6.56. The van der Waals surface area contributed by atoms with E-state index in [1.165, 1.54) is 0 Å². The van der Waals surface area contributed by atoms with Crippen molar-refractivity contribution >= 4 is 12.0 Å². The van der Waals surface area contributed by atoms with Crippen molar-refractivity contribution in [2.45, 2.75) is 19.4 Å². The van der Waals surface area contributed by atoms with Crippen molar-refractivity contribution in [3.63, 3.8) is 0 Å². The predicted octanol–water partition coefficient (Wildman–Crippen LogP) is 1.64. The molecule has 2 fully saturated rings. The number of urea groups is 1. The van der Waals surface area contributed by atoms with E-state index in [4.69, 9.17) is 9.84 Å². The van der Waals surface area contributed by atoms with Crippen LogP contribution in [-0.2, 0) is 11.3 Å². The first-order valence-electron chi connectivity index (χ1n) is 9.27. The molecule has 0 unspecified atom stereocenters. The molecule has 0 bridgehead atoms. The van der Waals surface area contributed by atoms with Gasteiger partial charge in [-0.3, -0.25) is 4.90 Å². The lowest BCUT2D eigenvalue weighted by Gasteiger charge is -2.37. The number of hydrogen-bond donors (Lipinski definition) is 2. The minimum Gasteiger partial charge on any atom is -0.478 e. The topological polar surface area (TPSA) is 82.1 Å². The Bertz CT molecular complexity index is 623. The zero-order chi connectivity index (χ0) is 18.4. The monoisotopic (exact) mass is 361 g/mol. The van der Waals surface area contributed by atoms with Crippen molar-refractivity contribution in [2.24, 2.45) is 5.92 Å². The number of carbonyl (C=O) groups excluding carboxylic acids is 1. The number of aromatic carboxylic acids is 1. The standard InChI is InChI=1S/C19H27N3O4/c23-18(24)17-3-1-2-16(12-17)13-20-19(25)22-8-6-21(7-9-22)14-15-4-10-26-11-5-15/h1-3,12,15H,4-11,13-14H2,(H,20,25)(H,23,24). The second-order valence-corrected chi connectivity index (χ2v) is 7.01. The number of benzene rings is 1. The minimum absolute atomic E-state index is 0.0866. The molecule has 26 heavy (non-hydrogen) atoms. The van der Waals surface area contributed by atoms with Crippen LogP contribution < -0.4 is 5.32 Å². The molecule has 2 saturated heterocycles. The summed E-state index contributed by atoms with van der Waals surface area (Å²) >= 11 is 0. The van der Waals surface area contributed by atoms with Crippen LogP contribution in [0.2, 0.25) is 0 Å². The van der Waals surface area contributed by atoms with Crippen molar-refractivity contribution in [3.05, 3.63) is 35.4 Å². The first-order valence-corrected chi connectivity index (χ1v) is 9.27. The zero-order valence-electron chi connectivity index (χ0n) is 15.0. The first-order chi connectivity index (χ1) is 12.6. The van der Waals surface area contributed by atoms with E-state index >= 15 is 0 Å². The van der Waals surface area contributed by atoms with Gasteiger partial charge < -0.3 is 20.1 Å². The fraction of sp³-hybridized carbons (Fsp3) is 0.579. The number of amides is 2. The predicted molar refractivity (Wildman–Crippen MR) is 97.2 cm³/mol. The van der Waals surface area contributed by atoms with Gasteiger partial charge in [-0.05, 0) is 36.5 Å². The molecule has 2 aliphatic heterocycles. The molecule has 2 aliphatic rings. The van der Waals surface area contributed by atoms with Crippen LogP contribution in [0.3, 0.4) is 0 Å². The number of rotatable bonds is 5. The quantitative estimate of drug-likeness (QED) is 0.833. The normalized spacial score (nSPS) is 19.3. The highest BCUT2D eigenvalue weighted by molar-refractivity contribution is 5.87. The third-order valence-electron chi connectivity index (χ3n) is 5.13. The molecule has 7 nitrogen and oxygen atoms in total. The largest absolute Gasteiger partial charge is 0.478 e. The molecule has 0 radical (unpaired) electrons. The van der Waals surface area contributed by atoms with Crippen LogP contribution in [0.15, 0.2) is 24.3 Å². The summed E-state index contributed by atoms with van der Waals surface area (Å²) in [6.45, 7) is 6.43. The summed E-state index contributed by atoms with van der Waals surface area (Å²) in [6.07, 6.45) is 2.27. The van der Waals surface area contributed by atoms with Gasteiger partial charge in [-0.25, -0.2) is 9.59 Å². The second kappa shape index (κ2) is 9.00. The van der Waals surface area contributed by atoms with E-state index in [-0.39, 0.29) is 11.6 Å². The molecule has 0 atom stereocenters. The summed E-state index contributed by atoms with van der Waals surface area (Å²) < 4.78 is 5.41. The molecule has 0 aromatic heterocycles. The zero-order valence-corrected chi connectivity index (χ0v) is 15.0. The molecule has 2 amide bonds. The van der Waals surface area contributed by atoms with Gasteiger partial charge in [0.05, 0.1) is 5.56 Å². The van der Waals surface area contributed by atoms with E-state index in [0.717, 1.165) is 64.3 Å². The average molecular weight is 361 g/mol. The molecule has 2 heterocycles. The Kier molecular flexibility index (Phi) is 6.46. The van der Waals surface area contributed by atoms with E-state index in [1.807, 2.05) is 11.0 Å². The Balaban J connectivity index is 1.40. The van der Waals surface area contributed by atoms with E-state index in [1.54, 1.807) is 18.2 Å². The smallest absolute Gasteiger partial charge is 0.335 e. The Morgan fingerprint density at radius 1 is 1.15 bits per heavy atom. The number of hydrogen-bond acceptors (Lipinski definition) is 4. The second-order valence-electron chi connectivity index (χ2n) is 7.01. The van der Waals surface area contributed by atoms with Gasteiger partial charge in [0.2, 0.25) is 0 Å². The van der Waals surface area contributed by atoms with Crippen LogP contribution in [0.25, 0.3) is 0 Å². The number of carboxylic acids is 1. The molecule has 1 aromatic rings. The molecular weight excluding hydrogens is 334 g/mol. The lowest BCUT2D eigenvalue weighted by molar-refractivity contribution is 0.0452. The molecule has 1 aromatic carbocycles. The summed E-state index contributed by atoms with van der Waals surface area (Å²) in [5.41, 5.74) is 1.02. The highest BCUT2D eigenvalue weighted by atomic mass is 16.5. The SMILES string of the molecule is O=C(O)c1cccc(CNC(=O)N2CCN(CC3CCOCC3)CC2)c1. The van der Waals surface area contributed by atoms with E-state index in [9.17, 15) is 9.59 Å². The average Bonchev–Trinajstić information content (AvgIpc) is 2.68. The lowest BCUT2D eigenvalue weighted by atomic mass is 9.99. The number of nitrogens with one attached hydrogen (secondary N) is 1. The van der Waals surface area contributed by atoms with Gasteiger partial charge in [-0.1, -0.05) is 12.1 Å². The third kappa shape index (κ3) is 5.19. The van der Waals surface area contributed by atoms with Gasteiger partial charge in [0, 0.05) is 52.5 Å². The van der Waals surface area contributed by atoms with Gasteiger partial charge in [0.15, 0.2) is 0 Å². The lowest BCUT2D eigenvalue weighted by Crippen LogP contribution is -2.52. The Morgan fingerprint density at radius 2 is 1.88 bits per heavy atom. The van der Waals surface area contributed by atoms with Crippen LogP contribution in [0.4, 0.5) is 4.79 Å². The van der Waals surface area contributed by atoms with E-state index in [0.29, 0.717) is 12.5 Å². The van der Waals surface area contributed by atoms with Crippen LogP contribution in [0.1, 0.15) is 28.8 Å². The first kappa shape index (κ1) is 18.7. The van der Waals surface area contributed by atoms with Crippen LogP contribution >= 0.6 is 0 Å². The van der Waals surface area contributed by atoms with Crippen molar-refractivity contribution < 1.29 is 19.4 Å². The summed E-state index contributed by atoms with van der Waals surface area (Å²) in [5, 5.41) is 11.9. The Labute approximate surface area is 153 Å². The molecule has 0 spiro atoms. The van der Waals surface area contributed by atoms with Gasteiger partial charge in [-0.15, -0.1) is 0 Å². The fourth-order valence-corrected chi connectivity index (χ4v) is 3.53. The molecule has 2 N–H and O–H groups in total. The van der Waals surface area contributed by atoms with Gasteiger partial charge in [0.1, 0.15) is 0 Å². The minimum atomic E-state index is -0.959. The number of carbonyl (C=O) groups is 2. The number of nitrogens with zero attached hydrogens (tertiary/aromatic N) is 2. The summed E-state index contributed by atoms with van der Waals surface area (Å²) in [4.78, 5) is 27.6. The maximum absolute atomic E-state index is 12.4. The summed E-state index contributed by atoms with van der Waals surface area (Å²) in [7, 11) is 0.